The fourth-order valence-electron chi connectivity index (χ4n) is 1.74. The fourth-order valence-corrected chi connectivity index (χ4v) is 1.74. The minimum absolute atomic E-state index is 0.207. The zero-order valence-electron chi connectivity index (χ0n) is 11.7. The maximum absolute atomic E-state index is 11.3. The van der Waals surface area contributed by atoms with Crippen molar-refractivity contribution in [3.05, 3.63) is 19.0 Å². The van der Waals surface area contributed by atoms with E-state index in [0.29, 0.717) is 44.0 Å². The maximum atomic E-state index is 11.3. The van der Waals surface area contributed by atoms with Crippen LogP contribution in [-0.4, -0.2) is 35.6 Å². The second-order valence-corrected chi connectivity index (χ2v) is 4.14. The molecule has 0 saturated carbocycles. The molecule has 1 aromatic heterocycles. The number of nitrogens with zero attached hydrogens (tertiary/aromatic N) is 3. The Bertz CT molecular complexity index is 464. The van der Waals surface area contributed by atoms with Crippen LogP contribution in [-0.2, 0) is 9.53 Å². The highest BCUT2D eigenvalue weighted by Crippen LogP contribution is 2.23. The molecule has 0 aliphatic carbocycles. The van der Waals surface area contributed by atoms with Gasteiger partial charge in [0.2, 0.25) is 0 Å². The summed E-state index contributed by atoms with van der Waals surface area (Å²) < 4.78 is 4.88. The summed E-state index contributed by atoms with van der Waals surface area (Å²) in [6.07, 6.45) is 4.09. The summed E-state index contributed by atoms with van der Waals surface area (Å²) in [5.74, 6) is 0.594. The SMILES string of the molecule is C=CCN(CCCC(=O)OCC)c1ncnc(N)c1N. The first kappa shape index (κ1) is 15.7. The van der Waals surface area contributed by atoms with Crippen LogP contribution in [0.5, 0.6) is 0 Å². The van der Waals surface area contributed by atoms with Crippen LogP contribution in [0.1, 0.15) is 19.8 Å². The molecule has 0 fully saturated rings. The molecule has 0 aliphatic rings. The number of carbonyl (C=O) groups is 1. The molecule has 1 aromatic rings. The van der Waals surface area contributed by atoms with Gasteiger partial charge in [0.1, 0.15) is 12.0 Å². The first-order valence-electron chi connectivity index (χ1n) is 6.47. The van der Waals surface area contributed by atoms with E-state index in [1.165, 1.54) is 6.33 Å². The summed E-state index contributed by atoms with van der Waals surface area (Å²) in [6.45, 7) is 7.04. The molecule has 0 saturated heterocycles. The highest BCUT2D eigenvalue weighted by molar-refractivity contribution is 5.73. The van der Waals surface area contributed by atoms with Gasteiger partial charge in [-0.2, -0.15) is 0 Å². The molecule has 1 rings (SSSR count). The van der Waals surface area contributed by atoms with Crippen molar-refractivity contribution >= 4 is 23.3 Å². The molecule has 0 atom stereocenters. The molecule has 0 spiro atoms. The lowest BCUT2D eigenvalue weighted by Crippen LogP contribution is -2.27. The molecule has 110 valence electrons. The number of ether oxygens (including phenoxy) is 1. The van der Waals surface area contributed by atoms with Crippen molar-refractivity contribution in [1.29, 1.82) is 0 Å². The molecule has 20 heavy (non-hydrogen) atoms. The standard InChI is InChI=1S/C13H21N5O2/c1-3-7-18(8-5-6-10(19)20-4-2)13-11(14)12(15)16-9-17-13/h3,9H,1,4-8,14H2,2H3,(H2,15,16,17). The molecule has 1 heterocycles. The van der Waals surface area contributed by atoms with Crippen LogP contribution in [0.25, 0.3) is 0 Å². The fraction of sp³-hybridized carbons (Fsp3) is 0.462. The van der Waals surface area contributed by atoms with Crippen LogP contribution in [0.3, 0.4) is 0 Å². The number of hydrogen-bond acceptors (Lipinski definition) is 7. The van der Waals surface area contributed by atoms with Gasteiger partial charge in [-0.3, -0.25) is 4.79 Å². The number of aromatic nitrogens is 2. The van der Waals surface area contributed by atoms with E-state index in [0.717, 1.165) is 0 Å². The van der Waals surface area contributed by atoms with Crippen LogP contribution < -0.4 is 16.4 Å². The summed E-state index contributed by atoms with van der Waals surface area (Å²) in [6, 6.07) is 0. The van der Waals surface area contributed by atoms with E-state index < -0.39 is 0 Å². The highest BCUT2D eigenvalue weighted by Gasteiger charge is 2.13. The van der Waals surface area contributed by atoms with Gasteiger partial charge in [0.25, 0.3) is 0 Å². The predicted octanol–water partition coefficient (Wildman–Crippen LogP) is 0.977. The monoisotopic (exact) mass is 279 g/mol. The summed E-state index contributed by atoms with van der Waals surface area (Å²) in [4.78, 5) is 21.2. The number of carbonyl (C=O) groups excluding carboxylic acids is 1. The zero-order valence-corrected chi connectivity index (χ0v) is 11.7. The van der Waals surface area contributed by atoms with Gasteiger partial charge in [0.15, 0.2) is 11.6 Å². The van der Waals surface area contributed by atoms with Gasteiger partial charge in [-0.15, -0.1) is 6.58 Å². The summed E-state index contributed by atoms with van der Waals surface area (Å²) >= 11 is 0. The normalized spacial score (nSPS) is 10.1. The number of esters is 1. The van der Waals surface area contributed by atoms with Crippen LogP contribution in [0.15, 0.2) is 19.0 Å². The van der Waals surface area contributed by atoms with E-state index in [4.69, 9.17) is 16.2 Å². The minimum Gasteiger partial charge on any atom is -0.466 e. The molecular formula is C13H21N5O2. The molecule has 7 heteroatoms. The van der Waals surface area contributed by atoms with Gasteiger partial charge in [0.05, 0.1) is 6.61 Å². The van der Waals surface area contributed by atoms with Crippen LogP contribution >= 0.6 is 0 Å². The first-order valence-corrected chi connectivity index (χ1v) is 6.47. The molecule has 0 radical (unpaired) electrons. The Morgan fingerprint density at radius 3 is 2.90 bits per heavy atom. The molecular weight excluding hydrogens is 258 g/mol. The number of anilines is 3. The van der Waals surface area contributed by atoms with Gasteiger partial charge in [-0.05, 0) is 13.3 Å². The van der Waals surface area contributed by atoms with Crippen LogP contribution in [0, 0.1) is 0 Å². The lowest BCUT2D eigenvalue weighted by atomic mass is 10.2. The first-order chi connectivity index (χ1) is 9.60. The lowest BCUT2D eigenvalue weighted by molar-refractivity contribution is -0.143. The third-order valence-corrected chi connectivity index (χ3v) is 2.66. The van der Waals surface area contributed by atoms with Crippen molar-refractivity contribution < 1.29 is 9.53 Å². The maximum Gasteiger partial charge on any atom is 0.305 e. The number of hydrogen-bond donors (Lipinski definition) is 2. The molecule has 0 aliphatic heterocycles. The van der Waals surface area contributed by atoms with E-state index in [-0.39, 0.29) is 11.8 Å². The molecule has 0 unspecified atom stereocenters. The number of nitrogens with two attached hydrogens (primary N) is 2. The van der Waals surface area contributed by atoms with Crippen molar-refractivity contribution in [1.82, 2.24) is 9.97 Å². The Hall–Kier alpha value is -2.31. The smallest absolute Gasteiger partial charge is 0.305 e. The Kier molecular flexibility index (Phi) is 6.28. The largest absolute Gasteiger partial charge is 0.466 e. The molecule has 0 aromatic carbocycles. The van der Waals surface area contributed by atoms with Crippen molar-refractivity contribution in [2.45, 2.75) is 19.8 Å². The van der Waals surface area contributed by atoms with Gasteiger partial charge >= 0.3 is 5.97 Å². The zero-order chi connectivity index (χ0) is 15.0. The summed E-state index contributed by atoms with van der Waals surface area (Å²) in [7, 11) is 0. The summed E-state index contributed by atoms with van der Waals surface area (Å²) in [5.41, 5.74) is 11.9. The number of nitrogen functional groups attached to an aromatic ring is 2. The summed E-state index contributed by atoms with van der Waals surface area (Å²) in [5, 5.41) is 0. The third-order valence-electron chi connectivity index (χ3n) is 2.66. The van der Waals surface area contributed by atoms with Gasteiger partial charge in [-0.25, -0.2) is 9.97 Å². The quantitative estimate of drug-likeness (QED) is 0.539. The Morgan fingerprint density at radius 1 is 1.50 bits per heavy atom. The van der Waals surface area contributed by atoms with Gasteiger partial charge < -0.3 is 21.1 Å². The van der Waals surface area contributed by atoms with E-state index >= 15 is 0 Å². The molecule has 0 amide bonds. The second kappa shape index (κ2) is 7.98. The van der Waals surface area contributed by atoms with Crippen molar-refractivity contribution in [3.8, 4) is 0 Å². The average Bonchev–Trinajstić information content (AvgIpc) is 2.41. The van der Waals surface area contributed by atoms with Gasteiger partial charge in [-0.1, -0.05) is 6.08 Å². The molecule has 4 N–H and O–H groups in total. The lowest BCUT2D eigenvalue weighted by Gasteiger charge is -2.23. The van der Waals surface area contributed by atoms with Crippen LogP contribution in [0.2, 0.25) is 0 Å². The topological polar surface area (TPSA) is 107 Å². The average molecular weight is 279 g/mol. The Morgan fingerprint density at radius 2 is 2.25 bits per heavy atom. The minimum atomic E-state index is -0.207. The molecule has 7 nitrogen and oxygen atoms in total. The highest BCUT2D eigenvalue weighted by atomic mass is 16.5. The Labute approximate surface area is 118 Å². The van der Waals surface area contributed by atoms with Gasteiger partial charge in [0, 0.05) is 19.5 Å². The Balaban J connectivity index is 2.67. The van der Waals surface area contributed by atoms with E-state index in [9.17, 15) is 4.79 Å². The van der Waals surface area contributed by atoms with E-state index in [1.807, 2.05) is 4.90 Å². The van der Waals surface area contributed by atoms with Crippen molar-refractivity contribution in [2.75, 3.05) is 36.1 Å². The predicted molar refractivity (Wildman–Crippen MR) is 79.1 cm³/mol. The van der Waals surface area contributed by atoms with Crippen molar-refractivity contribution in [3.63, 3.8) is 0 Å². The molecule has 0 bridgehead atoms. The van der Waals surface area contributed by atoms with Crippen LogP contribution in [0.4, 0.5) is 17.3 Å². The van der Waals surface area contributed by atoms with Crippen molar-refractivity contribution in [2.24, 2.45) is 0 Å². The van der Waals surface area contributed by atoms with E-state index in [2.05, 4.69) is 16.5 Å². The third kappa shape index (κ3) is 4.42. The second-order valence-electron chi connectivity index (χ2n) is 4.14. The number of rotatable bonds is 8. The van der Waals surface area contributed by atoms with E-state index in [1.54, 1.807) is 13.0 Å².